The lowest BCUT2D eigenvalue weighted by atomic mass is 10.2. The van der Waals surface area contributed by atoms with Gasteiger partial charge >= 0.3 is 0 Å². The monoisotopic (exact) mass is 402 g/mol. The van der Waals surface area contributed by atoms with Crippen LogP contribution in [0.4, 0.5) is 0 Å². The first-order valence-corrected chi connectivity index (χ1v) is 7.86. The minimum Gasteiger partial charge on any atom is -0.454 e. The van der Waals surface area contributed by atoms with Crippen LogP contribution in [0.1, 0.15) is 11.9 Å². The predicted octanol–water partition coefficient (Wildman–Crippen LogP) is 2.23. The van der Waals surface area contributed by atoms with Crippen LogP contribution in [-0.2, 0) is 0 Å². The third kappa shape index (κ3) is 3.03. The number of likely N-dealkylation sites (N-methyl/N-ethyl adjacent to an activating group) is 1. The molecule has 2 aliphatic rings. The molecule has 23 heavy (non-hydrogen) atoms. The summed E-state index contributed by atoms with van der Waals surface area (Å²) < 4.78 is 17.1. The molecule has 4 rings (SSSR count). The number of nitrogens with zero attached hydrogens (tertiary/aromatic N) is 3. The molecule has 0 bridgehead atoms. The van der Waals surface area contributed by atoms with Gasteiger partial charge in [0.25, 0.3) is 5.89 Å². The lowest BCUT2D eigenvalue weighted by Crippen LogP contribution is -2.44. The Hall–Kier alpha value is -1.35. The van der Waals surface area contributed by atoms with Crippen molar-refractivity contribution in [2.24, 2.45) is 0 Å². The van der Waals surface area contributed by atoms with Crippen LogP contribution in [-0.4, -0.2) is 48.5 Å². The quantitative estimate of drug-likeness (QED) is 0.824. The summed E-state index contributed by atoms with van der Waals surface area (Å²) in [5, 5.41) is 7.48. The maximum absolute atomic E-state index is 5.43. The Balaban J connectivity index is 0.00000156. The molecule has 7 nitrogen and oxygen atoms in total. The van der Waals surface area contributed by atoms with E-state index in [-0.39, 0.29) is 25.2 Å². The van der Waals surface area contributed by atoms with Crippen molar-refractivity contribution in [3.05, 3.63) is 22.4 Å². The fourth-order valence-corrected chi connectivity index (χ4v) is 3.23. The second-order valence-corrected chi connectivity index (χ2v) is 6.20. The second-order valence-electron chi connectivity index (χ2n) is 5.35. The van der Waals surface area contributed by atoms with E-state index in [2.05, 4.69) is 43.3 Å². The molecule has 2 aromatic rings. The number of piperazine rings is 1. The lowest BCUT2D eigenvalue weighted by molar-refractivity contribution is 0.173. The SMILES string of the molecule is CN1CCNCC1c1noc(-c2cc(Br)c3c(c2)OCO3)n1.Cl. The van der Waals surface area contributed by atoms with Gasteiger partial charge in [0, 0.05) is 25.2 Å². The van der Waals surface area contributed by atoms with Crippen LogP contribution in [0.2, 0.25) is 0 Å². The molecule has 0 saturated carbocycles. The molecule has 1 saturated heterocycles. The first-order chi connectivity index (χ1) is 10.7. The molecule has 3 heterocycles. The van der Waals surface area contributed by atoms with E-state index in [0.29, 0.717) is 23.2 Å². The van der Waals surface area contributed by atoms with Gasteiger partial charge in [0.15, 0.2) is 17.3 Å². The number of fused-ring (bicyclic) bond motifs is 1. The Morgan fingerprint density at radius 3 is 3.04 bits per heavy atom. The molecular formula is C14H16BrClN4O3. The van der Waals surface area contributed by atoms with Gasteiger partial charge < -0.3 is 19.3 Å². The second kappa shape index (κ2) is 6.64. The van der Waals surface area contributed by atoms with Crippen molar-refractivity contribution in [3.63, 3.8) is 0 Å². The molecule has 0 aliphatic carbocycles. The number of halogens is 2. The summed E-state index contributed by atoms with van der Waals surface area (Å²) in [4.78, 5) is 6.77. The molecule has 2 aliphatic heterocycles. The van der Waals surface area contributed by atoms with Crippen molar-refractivity contribution in [2.75, 3.05) is 33.5 Å². The van der Waals surface area contributed by atoms with Crippen molar-refractivity contribution < 1.29 is 14.0 Å². The largest absolute Gasteiger partial charge is 0.454 e. The van der Waals surface area contributed by atoms with Gasteiger partial charge in [-0.3, -0.25) is 4.90 Å². The summed E-state index contributed by atoms with van der Waals surface area (Å²) in [6, 6.07) is 3.88. The van der Waals surface area contributed by atoms with Crippen LogP contribution in [0.25, 0.3) is 11.5 Å². The Labute approximate surface area is 147 Å². The Morgan fingerprint density at radius 1 is 1.35 bits per heavy atom. The summed E-state index contributed by atoms with van der Waals surface area (Å²) in [7, 11) is 2.07. The van der Waals surface area contributed by atoms with Crippen LogP contribution in [0, 0.1) is 0 Å². The summed E-state index contributed by atoms with van der Waals surface area (Å²) in [6.45, 7) is 2.99. The zero-order valence-electron chi connectivity index (χ0n) is 12.4. The normalized spacial score (nSPS) is 20.3. The highest BCUT2D eigenvalue weighted by molar-refractivity contribution is 9.10. The average Bonchev–Trinajstić information content (AvgIpc) is 3.16. The van der Waals surface area contributed by atoms with E-state index in [1.165, 1.54) is 0 Å². The number of aromatic nitrogens is 2. The molecule has 1 aromatic carbocycles. The van der Waals surface area contributed by atoms with E-state index in [4.69, 9.17) is 14.0 Å². The lowest BCUT2D eigenvalue weighted by Gasteiger charge is -2.30. The van der Waals surface area contributed by atoms with Crippen molar-refractivity contribution in [2.45, 2.75) is 6.04 Å². The van der Waals surface area contributed by atoms with E-state index in [1.54, 1.807) is 0 Å². The Morgan fingerprint density at radius 2 is 2.22 bits per heavy atom. The van der Waals surface area contributed by atoms with Crippen LogP contribution in [0.5, 0.6) is 11.5 Å². The number of rotatable bonds is 2. The maximum atomic E-state index is 5.43. The van der Waals surface area contributed by atoms with Crippen LogP contribution in [0.15, 0.2) is 21.1 Å². The molecule has 0 amide bonds. The van der Waals surface area contributed by atoms with Gasteiger partial charge in [0.1, 0.15) is 0 Å². The maximum Gasteiger partial charge on any atom is 0.258 e. The van der Waals surface area contributed by atoms with Crippen LogP contribution < -0.4 is 14.8 Å². The fourth-order valence-electron chi connectivity index (χ4n) is 2.67. The Kier molecular flexibility index (Phi) is 4.77. The predicted molar refractivity (Wildman–Crippen MR) is 89.0 cm³/mol. The molecule has 0 radical (unpaired) electrons. The third-order valence-electron chi connectivity index (χ3n) is 3.92. The van der Waals surface area contributed by atoms with Gasteiger partial charge in [0.05, 0.1) is 10.5 Å². The first kappa shape index (κ1) is 16.5. The van der Waals surface area contributed by atoms with E-state index < -0.39 is 0 Å². The van der Waals surface area contributed by atoms with Crippen molar-refractivity contribution >= 4 is 28.3 Å². The molecule has 1 N–H and O–H groups in total. The van der Waals surface area contributed by atoms with E-state index in [1.807, 2.05) is 12.1 Å². The van der Waals surface area contributed by atoms with Crippen LogP contribution in [0.3, 0.4) is 0 Å². The highest BCUT2D eigenvalue weighted by Gasteiger charge is 2.26. The van der Waals surface area contributed by atoms with Gasteiger partial charge in [-0.05, 0) is 35.1 Å². The molecule has 0 spiro atoms. The van der Waals surface area contributed by atoms with Crippen molar-refractivity contribution in [1.29, 1.82) is 0 Å². The summed E-state index contributed by atoms with van der Waals surface area (Å²) in [5.41, 5.74) is 0.807. The zero-order valence-corrected chi connectivity index (χ0v) is 14.8. The van der Waals surface area contributed by atoms with Gasteiger partial charge in [-0.15, -0.1) is 12.4 Å². The summed E-state index contributed by atoms with van der Waals surface area (Å²) in [6.07, 6.45) is 0. The smallest absolute Gasteiger partial charge is 0.258 e. The molecule has 9 heteroatoms. The average molecular weight is 404 g/mol. The van der Waals surface area contributed by atoms with E-state index in [0.717, 1.165) is 29.7 Å². The highest BCUT2D eigenvalue weighted by Crippen LogP contribution is 2.42. The molecular weight excluding hydrogens is 388 g/mol. The number of benzene rings is 1. The van der Waals surface area contributed by atoms with Gasteiger partial charge in [-0.25, -0.2) is 0 Å². The number of hydrogen-bond acceptors (Lipinski definition) is 7. The highest BCUT2D eigenvalue weighted by atomic mass is 79.9. The van der Waals surface area contributed by atoms with E-state index in [9.17, 15) is 0 Å². The molecule has 1 atom stereocenters. The molecule has 1 fully saturated rings. The minimum absolute atomic E-state index is 0. The molecule has 1 aromatic heterocycles. The summed E-state index contributed by atoms with van der Waals surface area (Å²) in [5.74, 6) is 2.56. The Bertz CT molecular complexity index is 711. The summed E-state index contributed by atoms with van der Waals surface area (Å²) >= 11 is 3.48. The number of ether oxygens (including phenoxy) is 2. The first-order valence-electron chi connectivity index (χ1n) is 7.06. The molecule has 1 unspecified atom stereocenters. The fraction of sp³-hybridized carbons (Fsp3) is 0.429. The standard InChI is InChI=1S/C14H15BrN4O3.ClH/c1-19-3-2-16-6-10(19)13-17-14(22-18-13)8-4-9(15)12-11(5-8)20-7-21-12;/h4-5,10,16H,2-3,6-7H2,1H3;1H. The molecule has 124 valence electrons. The minimum atomic E-state index is 0. The number of nitrogens with one attached hydrogen (secondary N) is 1. The third-order valence-corrected chi connectivity index (χ3v) is 4.51. The van der Waals surface area contributed by atoms with Crippen LogP contribution >= 0.6 is 28.3 Å². The van der Waals surface area contributed by atoms with Gasteiger partial charge in [-0.2, -0.15) is 4.98 Å². The van der Waals surface area contributed by atoms with Crippen molar-refractivity contribution in [1.82, 2.24) is 20.4 Å². The van der Waals surface area contributed by atoms with E-state index >= 15 is 0 Å². The number of hydrogen-bond donors (Lipinski definition) is 1. The van der Waals surface area contributed by atoms with Crippen molar-refractivity contribution in [3.8, 4) is 23.0 Å². The zero-order chi connectivity index (χ0) is 15.1. The van der Waals surface area contributed by atoms with Gasteiger partial charge in [0.2, 0.25) is 6.79 Å². The van der Waals surface area contributed by atoms with Gasteiger partial charge in [-0.1, -0.05) is 5.16 Å². The topological polar surface area (TPSA) is 72.7 Å².